The molecule has 0 aromatic carbocycles. The molecule has 110 valence electrons. The predicted molar refractivity (Wildman–Crippen MR) is 76.3 cm³/mol. The fraction of sp³-hybridized carbons (Fsp3) is 0.933. The quantitative estimate of drug-likeness (QED) is 0.801. The van der Waals surface area contributed by atoms with Gasteiger partial charge in [-0.25, -0.2) is 0 Å². The molecule has 1 unspecified atom stereocenters. The van der Waals surface area contributed by atoms with Crippen molar-refractivity contribution in [3.05, 3.63) is 0 Å². The Morgan fingerprint density at radius 3 is 2.68 bits per heavy atom. The molecule has 3 atom stereocenters. The largest absolute Gasteiger partial charge is 0.480 e. The van der Waals surface area contributed by atoms with Gasteiger partial charge in [0.05, 0.1) is 0 Å². The summed E-state index contributed by atoms with van der Waals surface area (Å²) < 4.78 is 0. The van der Waals surface area contributed by atoms with E-state index in [2.05, 4.69) is 10.2 Å². The summed E-state index contributed by atoms with van der Waals surface area (Å²) in [6.07, 6.45) is 7.83. The Labute approximate surface area is 116 Å². The van der Waals surface area contributed by atoms with Crippen LogP contribution in [-0.4, -0.2) is 47.2 Å². The summed E-state index contributed by atoms with van der Waals surface area (Å²) in [4.78, 5) is 14.0. The maximum absolute atomic E-state index is 11.6. The summed E-state index contributed by atoms with van der Waals surface area (Å²) in [5.74, 6) is 0.0782. The normalized spacial score (nSPS) is 31.5. The third-order valence-corrected chi connectivity index (χ3v) is 4.92. The highest BCUT2D eigenvalue weighted by Gasteiger charge is 2.40. The second-order valence-electron chi connectivity index (χ2n) is 6.39. The number of fused-ring (bicyclic) bond motifs is 1. The Morgan fingerprint density at radius 2 is 2.00 bits per heavy atom. The highest BCUT2D eigenvalue weighted by Crippen LogP contribution is 2.35. The number of hydrogen-bond donors (Lipinski definition) is 2. The molecule has 0 bridgehead atoms. The molecule has 0 aromatic rings. The van der Waals surface area contributed by atoms with Gasteiger partial charge in [0.25, 0.3) is 0 Å². The fourth-order valence-corrected chi connectivity index (χ4v) is 3.92. The SMILES string of the molecule is CCNC(C)(CN1CCC[C@H]2CCCC[C@H]21)C(=O)O. The van der Waals surface area contributed by atoms with Crippen LogP contribution in [0.15, 0.2) is 0 Å². The molecule has 0 amide bonds. The zero-order chi connectivity index (χ0) is 13.9. The summed E-state index contributed by atoms with van der Waals surface area (Å²) in [7, 11) is 0. The number of piperidine rings is 1. The number of likely N-dealkylation sites (tertiary alicyclic amines) is 1. The van der Waals surface area contributed by atoms with Crippen LogP contribution in [0.2, 0.25) is 0 Å². The molecule has 4 heteroatoms. The smallest absolute Gasteiger partial charge is 0.324 e. The first-order valence-corrected chi connectivity index (χ1v) is 7.79. The molecular weight excluding hydrogens is 240 g/mol. The molecule has 0 aromatic heterocycles. The summed E-state index contributed by atoms with van der Waals surface area (Å²) >= 11 is 0. The number of aliphatic carboxylic acids is 1. The lowest BCUT2D eigenvalue weighted by atomic mass is 9.78. The molecule has 19 heavy (non-hydrogen) atoms. The maximum atomic E-state index is 11.6. The second kappa shape index (κ2) is 6.23. The molecule has 2 aliphatic rings. The van der Waals surface area contributed by atoms with Gasteiger partial charge in [-0.2, -0.15) is 0 Å². The van der Waals surface area contributed by atoms with Crippen molar-refractivity contribution in [3.8, 4) is 0 Å². The van der Waals surface area contributed by atoms with Crippen LogP contribution in [0.5, 0.6) is 0 Å². The van der Waals surface area contributed by atoms with Gasteiger partial charge in [-0.1, -0.05) is 19.8 Å². The lowest BCUT2D eigenvalue weighted by Crippen LogP contribution is -2.60. The van der Waals surface area contributed by atoms with Gasteiger partial charge in [-0.3, -0.25) is 9.69 Å². The zero-order valence-electron chi connectivity index (χ0n) is 12.3. The van der Waals surface area contributed by atoms with E-state index >= 15 is 0 Å². The van der Waals surface area contributed by atoms with Gasteiger partial charge in [-0.05, 0) is 51.6 Å². The maximum Gasteiger partial charge on any atom is 0.324 e. The van der Waals surface area contributed by atoms with Crippen LogP contribution in [0.4, 0.5) is 0 Å². The van der Waals surface area contributed by atoms with Gasteiger partial charge in [0.15, 0.2) is 0 Å². The van der Waals surface area contributed by atoms with Crippen LogP contribution in [0.3, 0.4) is 0 Å². The van der Waals surface area contributed by atoms with E-state index in [4.69, 9.17) is 0 Å². The number of rotatable bonds is 5. The lowest BCUT2D eigenvalue weighted by molar-refractivity contribution is -0.145. The van der Waals surface area contributed by atoms with Crippen molar-refractivity contribution >= 4 is 5.97 Å². The van der Waals surface area contributed by atoms with Crippen LogP contribution in [0.1, 0.15) is 52.4 Å². The summed E-state index contributed by atoms with van der Waals surface area (Å²) in [6, 6.07) is 0.625. The fourth-order valence-electron chi connectivity index (χ4n) is 3.92. The van der Waals surface area contributed by atoms with Crippen molar-refractivity contribution in [1.29, 1.82) is 0 Å². The Balaban J connectivity index is 2.04. The summed E-state index contributed by atoms with van der Waals surface area (Å²) in [5, 5.41) is 12.7. The highest BCUT2D eigenvalue weighted by atomic mass is 16.4. The summed E-state index contributed by atoms with van der Waals surface area (Å²) in [6.45, 7) is 6.20. The van der Waals surface area contributed by atoms with Gasteiger partial charge >= 0.3 is 5.97 Å². The van der Waals surface area contributed by atoms with E-state index in [1.54, 1.807) is 0 Å². The average molecular weight is 268 g/mol. The van der Waals surface area contributed by atoms with Crippen LogP contribution in [-0.2, 0) is 4.79 Å². The molecule has 1 aliphatic heterocycles. The molecule has 2 rings (SSSR count). The van der Waals surface area contributed by atoms with Gasteiger partial charge < -0.3 is 10.4 Å². The van der Waals surface area contributed by atoms with Gasteiger partial charge in [0.1, 0.15) is 5.54 Å². The third kappa shape index (κ3) is 3.29. The molecular formula is C15H28N2O2. The first-order valence-electron chi connectivity index (χ1n) is 7.79. The number of carboxylic acids is 1. The van der Waals surface area contributed by atoms with Gasteiger partial charge in [-0.15, -0.1) is 0 Å². The topological polar surface area (TPSA) is 52.6 Å². The first-order chi connectivity index (χ1) is 9.07. The predicted octanol–water partition coefficient (Wildman–Crippen LogP) is 2.09. The zero-order valence-corrected chi connectivity index (χ0v) is 12.3. The molecule has 1 heterocycles. The van der Waals surface area contributed by atoms with Crippen molar-refractivity contribution in [2.45, 2.75) is 64.0 Å². The molecule has 0 spiro atoms. The van der Waals surface area contributed by atoms with E-state index in [0.717, 1.165) is 12.5 Å². The van der Waals surface area contributed by atoms with Crippen molar-refractivity contribution in [2.24, 2.45) is 5.92 Å². The molecule has 0 radical (unpaired) electrons. The number of carbonyl (C=O) groups is 1. The van der Waals surface area contributed by atoms with Crippen LogP contribution >= 0.6 is 0 Å². The molecule has 4 nitrogen and oxygen atoms in total. The van der Waals surface area contributed by atoms with E-state index in [9.17, 15) is 9.90 Å². The lowest BCUT2D eigenvalue weighted by Gasteiger charge is -2.46. The minimum Gasteiger partial charge on any atom is -0.480 e. The molecule has 1 aliphatic carbocycles. The van der Waals surface area contributed by atoms with Crippen molar-refractivity contribution in [2.75, 3.05) is 19.6 Å². The van der Waals surface area contributed by atoms with E-state index in [0.29, 0.717) is 19.1 Å². The second-order valence-corrected chi connectivity index (χ2v) is 6.39. The van der Waals surface area contributed by atoms with Crippen molar-refractivity contribution in [1.82, 2.24) is 10.2 Å². The highest BCUT2D eigenvalue weighted by molar-refractivity contribution is 5.78. The van der Waals surface area contributed by atoms with E-state index in [1.165, 1.54) is 38.5 Å². The Bertz CT molecular complexity index is 319. The average Bonchev–Trinajstić information content (AvgIpc) is 2.39. The first kappa shape index (κ1) is 14.8. The van der Waals surface area contributed by atoms with Crippen molar-refractivity contribution < 1.29 is 9.90 Å². The number of carboxylic acid groups (broad SMARTS) is 1. The third-order valence-electron chi connectivity index (χ3n) is 4.92. The van der Waals surface area contributed by atoms with Gasteiger partial charge in [0, 0.05) is 12.6 Å². The Hall–Kier alpha value is -0.610. The summed E-state index contributed by atoms with van der Waals surface area (Å²) in [5.41, 5.74) is -0.811. The van der Waals surface area contributed by atoms with E-state index in [-0.39, 0.29) is 0 Å². The van der Waals surface area contributed by atoms with E-state index < -0.39 is 11.5 Å². The monoisotopic (exact) mass is 268 g/mol. The Morgan fingerprint density at radius 1 is 1.32 bits per heavy atom. The standard InChI is InChI=1S/C15H28N2O2/c1-3-16-15(2,14(18)19)11-17-10-6-8-12-7-4-5-9-13(12)17/h12-13,16H,3-11H2,1-2H3,(H,18,19)/t12-,13-,15?/m1/s1. The number of likely N-dealkylation sites (N-methyl/N-ethyl adjacent to an activating group) is 1. The van der Waals surface area contributed by atoms with Crippen LogP contribution in [0.25, 0.3) is 0 Å². The number of nitrogens with one attached hydrogen (secondary N) is 1. The Kier molecular flexibility index (Phi) is 4.85. The molecule has 2 N–H and O–H groups in total. The van der Waals surface area contributed by atoms with Gasteiger partial charge in [0.2, 0.25) is 0 Å². The molecule has 1 saturated carbocycles. The van der Waals surface area contributed by atoms with Crippen LogP contribution < -0.4 is 5.32 Å². The van der Waals surface area contributed by atoms with Crippen LogP contribution in [0, 0.1) is 5.92 Å². The minimum absolute atomic E-state index is 0.625. The number of nitrogens with zero attached hydrogens (tertiary/aromatic N) is 1. The van der Waals surface area contributed by atoms with E-state index in [1.807, 2.05) is 13.8 Å². The minimum atomic E-state index is -0.811. The molecule has 2 fully saturated rings. The number of hydrogen-bond acceptors (Lipinski definition) is 3. The molecule has 1 saturated heterocycles. The van der Waals surface area contributed by atoms with Crippen molar-refractivity contribution in [3.63, 3.8) is 0 Å².